The summed E-state index contributed by atoms with van der Waals surface area (Å²) in [5.41, 5.74) is 8.70. The van der Waals surface area contributed by atoms with Crippen LogP contribution in [0, 0.1) is 6.92 Å². The van der Waals surface area contributed by atoms with E-state index in [1.54, 1.807) is 4.68 Å². The van der Waals surface area contributed by atoms with Gasteiger partial charge in [-0.2, -0.15) is 5.10 Å². The first-order valence-electron chi connectivity index (χ1n) is 6.15. The molecule has 0 saturated carbocycles. The van der Waals surface area contributed by atoms with E-state index in [-0.39, 0.29) is 6.04 Å². The molecule has 0 spiro atoms. The zero-order valence-corrected chi connectivity index (χ0v) is 12.1. The topological polar surface area (TPSA) is 53.1 Å². The third kappa shape index (κ3) is 3.08. The van der Waals surface area contributed by atoms with Gasteiger partial charge in [0.25, 0.3) is 0 Å². The van der Waals surface area contributed by atoms with Crippen LogP contribution in [-0.4, -0.2) is 9.78 Å². The molecule has 0 saturated heterocycles. The van der Waals surface area contributed by atoms with Crippen molar-refractivity contribution < 1.29 is 4.74 Å². The lowest BCUT2D eigenvalue weighted by Crippen LogP contribution is -2.05. The van der Waals surface area contributed by atoms with Crippen molar-refractivity contribution in [1.29, 1.82) is 0 Å². The monoisotopic (exact) mass is 279 g/mol. The Morgan fingerprint density at radius 1 is 1.47 bits per heavy atom. The van der Waals surface area contributed by atoms with E-state index in [1.807, 2.05) is 45.2 Å². The zero-order chi connectivity index (χ0) is 14.0. The maximum atomic E-state index is 6.16. The van der Waals surface area contributed by atoms with Crippen LogP contribution in [0.1, 0.15) is 29.8 Å². The van der Waals surface area contributed by atoms with Gasteiger partial charge in [0.15, 0.2) is 0 Å². The molecule has 1 heterocycles. The lowest BCUT2D eigenvalue weighted by atomic mass is 10.1. The summed E-state index contributed by atoms with van der Waals surface area (Å²) in [5.74, 6) is 0.786. The quantitative estimate of drug-likeness (QED) is 0.936. The van der Waals surface area contributed by atoms with E-state index in [0.29, 0.717) is 11.8 Å². The van der Waals surface area contributed by atoms with Gasteiger partial charge in [-0.1, -0.05) is 23.7 Å². The fourth-order valence-electron chi connectivity index (χ4n) is 1.88. The number of nitrogens with two attached hydrogens (primary N) is 1. The van der Waals surface area contributed by atoms with E-state index in [4.69, 9.17) is 22.1 Å². The van der Waals surface area contributed by atoms with Gasteiger partial charge < -0.3 is 10.5 Å². The van der Waals surface area contributed by atoms with Crippen molar-refractivity contribution >= 4 is 11.6 Å². The Bertz CT molecular complexity index is 578. The van der Waals surface area contributed by atoms with Crippen molar-refractivity contribution in [2.75, 3.05) is 0 Å². The molecular formula is C14H18ClN3O. The molecular weight excluding hydrogens is 262 g/mol. The zero-order valence-electron chi connectivity index (χ0n) is 11.4. The summed E-state index contributed by atoms with van der Waals surface area (Å²) in [6.45, 7) is 4.27. The summed E-state index contributed by atoms with van der Waals surface area (Å²) in [6, 6.07) is 7.77. The lowest BCUT2D eigenvalue weighted by Gasteiger charge is -2.10. The molecule has 1 aromatic carbocycles. The Balaban J connectivity index is 2.12. The van der Waals surface area contributed by atoms with Gasteiger partial charge in [0.1, 0.15) is 17.5 Å². The van der Waals surface area contributed by atoms with Crippen LogP contribution in [0.5, 0.6) is 5.75 Å². The SMILES string of the molecule is Cc1nn(C)c(Cl)c1COc1cccc([C@H](C)N)c1. The van der Waals surface area contributed by atoms with Crippen LogP contribution >= 0.6 is 11.6 Å². The summed E-state index contributed by atoms with van der Waals surface area (Å²) < 4.78 is 7.41. The Labute approximate surface area is 118 Å². The third-order valence-corrected chi connectivity index (χ3v) is 3.51. The molecule has 2 rings (SSSR count). The summed E-state index contributed by atoms with van der Waals surface area (Å²) in [6.07, 6.45) is 0. The normalized spacial score (nSPS) is 12.5. The second-order valence-electron chi connectivity index (χ2n) is 4.63. The predicted octanol–water partition coefficient (Wildman–Crippen LogP) is 2.98. The molecule has 102 valence electrons. The highest BCUT2D eigenvalue weighted by atomic mass is 35.5. The fourth-order valence-corrected chi connectivity index (χ4v) is 2.11. The van der Waals surface area contributed by atoms with E-state index in [1.165, 1.54) is 0 Å². The predicted molar refractivity (Wildman–Crippen MR) is 76.3 cm³/mol. The number of nitrogens with zero attached hydrogens (tertiary/aromatic N) is 2. The maximum absolute atomic E-state index is 6.16. The highest BCUT2D eigenvalue weighted by Crippen LogP contribution is 2.22. The van der Waals surface area contributed by atoms with Crippen LogP contribution in [0.3, 0.4) is 0 Å². The number of aromatic nitrogens is 2. The van der Waals surface area contributed by atoms with Crippen LogP contribution in [0.4, 0.5) is 0 Å². The third-order valence-electron chi connectivity index (χ3n) is 3.04. The highest BCUT2D eigenvalue weighted by Gasteiger charge is 2.12. The van der Waals surface area contributed by atoms with Gasteiger partial charge >= 0.3 is 0 Å². The number of aryl methyl sites for hydroxylation is 2. The maximum Gasteiger partial charge on any atom is 0.133 e. The highest BCUT2D eigenvalue weighted by molar-refractivity contribution is 6.30. The molecule has 0 amide bonds. The summed E-state index contributed by atoms with van der Waals surface area (Å²) in [4.78, 5) is 0. The first-order chi connectivity index (χ1) is 8.99. The standard InChI is InChI=1S/C14H18ClN3O/c1-9(16)11-5-4-6-12(7-11)19-8-13-10(2)17-18(3)14(13)15/h4-7,9H,8,16H2,1-3H3/t9-/m0/s1. The van der Waals surface area contributed by atoms with E-state index in [2.05, 4.69) is 5.10 Å². The van der Waals surface area contributed by atoms with Crippen LogP contribution < -0.4 is 10.5 Å². The summed E-state index contributed by atoms with van der Waals surface area (Å²) in [7, 11) is 1.82. The van der Waals surface area contributed by atoms with E-state index in [0.717, 1.165) is 22.6 Å². The number of halogens is 1. The molecule has 1 aromatic heterocycles. The van der Waals surface area contributed by atoms with Crippen LogP contribution in [-0.2, 0) is 13.7 Å². The van der Waals surface area contributed by atoms with Crippen LogP contribution in [0.2, 0.25) is 5.15 Å². The minimum atomic E-state index is -0.00716. The van der Waals surface area contributed by atoms with Gasteiger partial charge in [-0.15, -0.1) is 0 Å². The Hall–Kier alpha value is -1.52. The van der Waals surface area contributed by atoms with E-state index >= 15 is 0 Å². The molecule has 2 N–H and O–H groups in total. The molecule has 0 bridgehead atoms. The van der Waals surface area contributed by atoms with E-state index in [9.17, 15) is 0 Å². The molecule has 0 unspecified atom stereocenters. The van der Waals surface area contributed by atoms with Gasteiger partial charge in [-0.25, -0.2) is 0 Å². The number of rotatable bonds is 4. The molecule has 0 aliphatic carbocycles. The van der Waals surface area contributed by atoms with Crippen molar-refractivity contribution in [1.82, 2.24) is 9.78 Å². The van der Waals surface area contributed by atoms with Gasteiger partial charge in [0.2, 0.25) is 0 Å². The fraction of sp³-hybridized carbons (Fsp3) is 0.357. The molecule has 4 nitrogen and oxygen atoms in total. The Morgan fingerprint density at radius 2 is 2.21 bits per heavy atom. The molecule has 0 aliphatic rings. The van der Waals surface area contributed by atoms with Crippen LogP contribution in [0.25, 0.3) is 0 Å². The average Bonchev–Trinajstić information content (AvgIpc) is 2.61. The van der Waals surface area contributed by atoms with Crippen molar-refractivity contribution in [3.05, 3.63) is 46.2 Å². The number of hydrogen-bond acceptors (Lipinski definition) is 3. The second-order valence-corrected chi connectivity index (χ2v) is 4.99. The first kappa shape index (κ1) is 13.9. The average molecular weight is 280 g/mol. The van der Waals surface area contributed by atoms with Crippen molar-refractivity contribution in [2.24, 2.45) is 12.8 Å². The minimum Gasteiger partial charge on any atom is -0.489 e. The molecule has 19 heavy (non-hydrogen) atoms. The van der Waals surface area contributed by atoms with Crippen molar-refractivity contribution in [3.63, 3.8) is 0 Å². The van der Waals surface area contributed by atoms with Gasteiger partial charge in [0, 0.05) is 18.7 Å². The molecule has 2 aromatic rings. The largest absolute Gasteiger partial charge is 0.489 e. The van der Waals surface area contributed by atoms with Gasteiger partial charge in [0.05, 0.1) is 5.69 Å². The summed E-state index contributed by atoms with van der Waals surface area (Å²) in [5, 5.41) is 4.87. The number of hydrogen-bond donors (Lipinski definition) is 1. The molecule has 5 heteroatoms. The lowest BCUT2D eigenvalue weighted by molar-refractivity contribution is 0.305. The minimum absolute atomic E-state index is 0.00716. The summed E-state index contributed by atoms with van der Waals surface area (Å²) >= 11 is 6.16. The molecule has 1 atom stereocenters. The Kier molecular flexibility index (Phi) is 4.12. The van der Waals surface area contributed by atoms with Crippen LogP contribution in [0.15, 0.2) is 24.3 Å². The molecule has 0 radical (unpaired) electrons. The number of benzene rings is 1. The second kappa shape index (κ2) is 5.63. The molecule has 0 aliphatic heterocycles. The van der Waals surface area contributed by atoms with Crippen molar-refractivity contribution in [2.45, 2.75) is 26.5 Å². The Morgan fingerprint density at radius 3 is 2.79 bits per heavy atom. The smallest absolute Gasteiger partial charge is 0.133 e. The molecule has 0 fully saturated rings. The van der Waals surface area contributed by atoms with Crippen molar-refractivity contribution in [3.8, 4) is 5.75 Å². The van der Waals surface area contributed by atoms with E-state index < -0.39 is 0 Å². The first-order valence-corrected chi connectivity index (χ1v) is 6.53. The van der Waals surface area contributed by atoms with Gasteiger partial charge in [-0.3, -0.25) is 4.68 Å². The number of ether oxygens (including phenoxy) is 1. The van der Waals surface area contributed by atoms with Gasteiger partial charge in [-0.05, 0) is 31.5 Å².